The Morgan fingerprint density at radius 3 is 1.51 bits per heavy atom. The number of esters is 3. The van der Waals surface area contributed by atoms with Gasteiger partial charge < -0.3 is 14.2 Å². The van der Waals surface area contributed by atoms with Crippen molar-refractivity contribution in [3.05, 3.63) is 108 Å². The number of hydrogen-bond donors (Lipinski definition) is 1. The lowest BCUT2D eigenvalue weighted by atomic mass is 10.1. The van der Waals surface area contributed by atoms with Crippen LogP contribution in [0.15, 0.2) is 91.0 Å². The van der Waals surface area contributed by atoms with Gasteiger partial charge in [-0.05, 0) is 23.1 Å². The fourth-order valence-corrected chi connectivity index (χ4v) is 3.20. The smallest absolute Gasteiger partial charge is 0.323 e. The first-order valence-electron chi connectivity index (χ1n) is 11.4. The van der Waals surface area contributed by atoms with Gasteiger partial charge >= 0.3 is 17.9 Å². The topological polar surface area (TPSA) is 90.9 Å². The van der Waals surface area contributed by atoms with Crippen LogP contribution < -0.4 is 5.32 Å². The van der Waals surface area contributed by atoms with E-state index < -0.39 is 23.9 Å². The summed E-state index contributed by atoms with van der Waals surface area (Å²) in [6.45, 7) is 0.185. The summed E-state index contributed by atoms with van der Waals surface area (Å²) in [4.78, 5) is 37.1. The molecule has 7 nitrogen and oxygen atoms in total. The number of nitrogens with one attached hydrogen (secondary N) is 1. The van der Waals surface area contributed by atoms with Crippen molar-refractivity contribution in [3.8, 4) is 0 Å². The molecule has 0 saturated carbocycles. The van der Waals surface area contributed by atoms with Crippen LogP contribution in [0.25, 0.3) is 0 Å². The molecule has 7 heteroatoms. The maximum Gasteiger partial charge on any atom is 0.323 e. The summed E-state index contributed by atoms with van der Waals surface area (Å²) in [7, 11) is 0. The number of rotatable bonds is 13. The molecule has 0 aromatic heterocycles. The van der Waals surface area contributed by atoms with E-state index in [-0.39, 0.29) is 39.2 Å². The predicted molar refractivity (Wildman–Crippen MR) is 130 cm³/mol. The lowest BCUT2D eigenvalue weighted by molar-refractivity contribution is -0.149. The van der Waals surface area contributed by atoms with E-state index in [1.54, 1.807) is 0 Å². The quantitative estimate of drug-likeness (QED) is 0.296. The first-order chi connectivity index (χ1) is 17.1. The summed E-state index contributed by atoms with van der Waals surface area (Å²) in [5.74, 6) is -1.51. The van der Waals surface area contributed by atoms with Gasteiger partial charge in [-0.15, -0.1) is 0 Å². The van der Waals surface area contributed by atoms with Crippen LogP contribution in [0.2, 0.25) is 0 Å². The molecule has 0 saturated heterocycles. The highest BCUT2D eigenvalue weighted by atomic mass is 16.5. The average molecular weight is 476 g/mol. The molecule has 3 aromatic rings. The van der Waals surface area contributed by atoms with Gasteiger partial charge in [0.05, 0.1) is 6.54 Å². The average Bonchev–Trinajstić information content (AvgIpc) is 2.91. The molecule has 3 rings (SSSR count). The molecule has 0 amide bonds. The number of hydrogen-bond acceptors (Lipinski definition) is 7. The molecule has 0 fully saturated rings. The van der Waals surface area contributed by atoms with E-state index in [1.165, 1.54) is 0 Å². The van der Waals surface area contributed by atoms with Crippen LogP contribution >= 0.6 is 0 Å². The number of carbonyl (C=O) groups is 3. The fourth-order valence-electron chi connectivity index (χ4n) is 3.20. The number of benzene rings is 3. The van der Waals surface area contributed by atoms with Crippen molar-refractivity contribution in [1.29, 1.82) is 0 Å². The second-order valence-electron chi connectivity index (χ2n) is 7.86. The summed E-state index contributed by atoms with van der Waals surface area (Å²) >= 11 is 0. The van der Waals surface area contributed by atoms with Crippen LogP contribution in [-0.4, -0.2) is 30.5 Å². The molecule has 0 unspecified atom stereocenters. The zero-order valence-electron chi connectivity index (χ0n) is 19.4. The Morgan fingerprint density at radius 2 is 1.03 bits per heavy atom. The molecule has 0 aliphatic carbocycles. The van der Waals surface area contributed by atoms with E-state index in [9.17, 15) is 14.4 Å². The maximum atomic E-state index is 12.7. The van der Waals surface area contributed by atoms with Crippen molar-refractivity contribution in [1.82, 2.24) is 5.32 Å². The Bertz CT molecular complexity index is 997. The summed E-state index contributed by atoms with van der Waals surface area (Å²) in [5.41, 5.74) is 2.57. The molecular formula is C28H29NO6. The molecule has 0 aliphatic rings. The fraction of sp³-hybridized carbons (Fsp3) is 0.250. The highest BCUT2D eigenvalue weighted by molar-refractivity contribution is 5.79. The minimum absolute atomic E-state index is 0.00992. The summed E-state index contributed by atoms with van der Waals surface area (Å²) in [6.07, 6.45) is 0.108. The first-order valence-corrected chi connectivity index (χ1v) is 11.4. The molecule has 0 radical (unpaired) electrons. The molecule has 3 aromatic carbocycles. The van der Waals surface area contributed by atoms with Crippen molar-refractivity contribution in [2.75, 3.05) is 6.54 Å². The second-order valence-corrected chi connectivity index (χ2v) is 7.86. The molecular weight excluding hydrogens is 446 g/mol. The Balaban J connectivity index is 1.49. The third-order valence-electron chi connectivity index (χ3n) is 5.12. The van der Waals surface area contributed by atoms with Gasteiger partial charge in [-0.3, -0.25) is 19.7 Å². The Hall–Kier alpha value is -3.97. The third-order valence-corrected chi connectivity index (χ3v) is 5.12. The van der Waals surface area contributed by atoms with Crippen LogP contribution in [0.4, 0.5) is 0 Å². The maximum absolute atomic E-state index is 12.7. The molecule has 0 aliphatic heterocycles. The van der Waals surface area contributed by atoms with Crippen LogP contribution in [0, 0.1) is 0 Å². The highest BCUT2D eigenvalue weighted by Crippen LogP contribution is 2.08. The van der Waals surface area contributed by atoms with Crippen LogP contribution in [-0.2, 0) is 48.4 Å². The molecule has 1 N–H and O–H groups in total. The summed E-state index contributed by atoms with van der Waals surface area (Å²) in [6, 6.07) is 27.0. The van der Waals surface area contributed by atoms with Gasteiger partial charge in [-0.1, -0.05) is 91.0 Å². The zero-order chi connectivity index (χ0) is 24.7. The molecule has 0 bridgehead atoms. The number of carbonyl (C=O) groups excluding carboxylic acids is 3. The standard InChI is InChI=1S/C28H29NO6/c30-26(33-19-22-10-4-1-5-11-22)17-16-25(28(32)35-21-24-14-8-3-9-15-24)29-18-27(31)34-20-23-12-6-2-7-13-23/h1-15,25,29H,16-21H2/t25-/m0/s1. The van der Waals surface area contributed by atoms with Gasteiger partial charge in [0.25, 0.3) is 0 Å². The van der Waals surface area contributed by atoms with E-state index in [1.807, 2.05) is 91.0 Å². The first kappa shape index (κ1) is 25.6. The number of ether oxygens (including phenoxy) is 3. The van der Waals surface area contributed by atoms with Gasteiger partial charge in [-0.2, -0.15) is 0 Å². The lowest BCUT2D eigenvalue weighted by Crippen LogP contribution is -2.41. The van der Waals surface area contributed by atoms with E-state index >= 15 is 0 Å². The molecule has 0 spiro atoms. The lowest BCUT2D eigenvalue weighted by Gasteiger charge is -2.17. The van der Waals surface area contributed by atoms with Gasteiger partial charge in [0.1, 0.15) is 25.9 Å². The predicted octanol–water partition coefficient (Wildman–Crippen LogP) is 3.96. The van der Waals surface area contributed by atoms with E-state index in [2.05, 4.69) is 5.32 Å². The Morgan fingerprint density at radius 1 is 0.600 bits per heavy atom. The molecule has 0 heterocycles. The summed E-state index contributed by atoms with van der Waals surface area (Å²) < 4.78 is 16.0. The molecule has 182 valence electrons. The van der Waals surface area contributed by atoms with Crippen molar-refractivity contribution in [2.24, 2.45) is 0 Å². The molecule has 1 atom stereocenters. The van der Waals surface area contributed by atoms with Crippen LogP contribution in [0.3, 0.4) is 0 Å². The largest absolute Gasteiger partial charge is 0.461 e. The summed E-state index contributed by atoms with van der Waals surface area (Å²) in [5, 5.41) is 2.86. The monoisotopic (exact) mass is 475 g/mol. The van der Waals surface area contributed by atoms with Gasteiger partial charge in [0.2, 0.25) is 0 Å². The highest BCUT2D eigenvalue weighted by Gasteiger charge is 2.23. The van der Waals surface area contributed by atoms with Crippen LogP contribution in [0.1, 0.15) is 29.5 Å². The minimum Gasteiger partial charge on any atom is -0.461 e. The normalized spacial score (nSPS) is 11.3. The van der Waals surface area contributed by atoms with E-state index in [0.29, 0.717) is 0 Å². The van der Waals surface area contributed by atoms with Crippen molar-refractivity contribution >= 4 is 17.9 Å². The molecule has 35 heavy (non-hydrogen) atoms. The van der Waals surface area contributed by atoms with Crippen molar-refractivity contribution in [2.45, 2.75) is 38.7 Å². The van der Waals surface area contributed by atoms with E-state index in [4.69, 9.17) is 14.2 Å². The zero-order valence-corrected chi connectivity index (χ0v) is 19.4. The Labute approximate surface area is 205 Å². The van der Waals surface area contributed by atoms with Gasteiger partial charge in [-0.25, -0.2) is 0 Å². The van der Waals surface area contributed by atoms with Gasteiger partial charge in [0.15, 0.2) is 0 Å². The Kier molecular flexibility index (Phi) is 10.5. The van der Waals surface area contributed by atoms with Crippen LogP contribution in [0.5, 0.6) is 0 Å². The van der Waals surface area contributed by atoms with Crippen molar-refractivity contribution in [3.63, 3.8) is 0 Å². The minimum atomic E-state index is -0.868. The SMILES string of the molecule is O=C(CC[C@H](NCC(=O)OCc1ccccc1)C(=O)OCc1ccccc1)OCc1ccccc1. The van der Waals surface area contributed by atoms with Gasteiger partial charge in [0, 0.05) is 6.42 Å². The van der Waals surface area contributed by atoms with E-state index in [0.717, 1.165) is 16.7 Å². The third kappa shape index (κ3) is 9.81. The van der Waals surface area contributed by atoms with Crippen molar-refractivity contribution < 1.29 is 28.6 Å². The second kappa shape index (κ2) is 14.3.